The molecule has 18 heavy (non-hydrogen) atoms. The smallest absolute Gasteiger partial charge is 0.0812 e. The summed E-state index contributed by atoms with van der Waals surface area (Å²) in [6.07, 6.45) is 2.70. The molecule has 0 spiro atoms. The molecule has 1 fully saturated rings. The van der Waals surface area contributed by atoms with E-state index in [-0.39, 0.29) is 0 Å². The van der Waals surface area contributed by atoms with Crippen molar-refractivity contribution in [3.63, 3.8) is 0 Å². The van der Waals surface area contributed by atoms with E-state index in [0.29, 0.717) is 6.54 Å². The van der Waals surface area contributed by atoms with Gasteiger partial charge in [0.1, 0.15) is 0 Å². The predicted molar refractivity (Wildman–Crippen MR) is 74.7 cm³/mol. The Balaban J connectivity index is 1.85. The van der Waals surface area contributed by atoms with E-state index in [4.69, 9.17) is 0 Å². The summed E-state index contributed by atoms with van der Waals surface area (Å²) in [4.78, 5) is 0. The van der Waals surface area contributed by atoms with Gasteiger partial charge in [-0.2, -0.15) is 0 Å². The van der Waals surface area contributed by atoms with Crippen molar-refractivity contribution in [2.75, 3.05) is 13.1 Å². The van der Waals surface area contributed by atoms with Crippen molar-refractivity contribution in [3.8, 4) is 0 Å². The Morgan fingerprint density at radius 2 is 1.94 bits per heavy atom. The monoisotopic (exact) mass is 241 g/mol. The average molecular weight is 241 g/mol. The second-order valence-electron chi connectivity index (χ2n) is 5.36. The van der Waals surface area contributed by atoms with Gasteiger partial charge in [0.15, 0.2) is 0 Å². The van der Waals surface area contributed by atoms with Crippen LogP contribution in [0.3, 0.4) is 0 Å². The van der Waals surface area contributed by atoms with Crippen LogP contribution in [0.25, 0.3) is 10.8 Å². The molecule has 1 unspecified atom stereocenters. The SMILES string of the molecule is OC1(Cc2ccc3ccccc3c2)CCCNC1. The van der Waals surface area contributed by atoms with Crippen LogP contribution in [0.4, 0.5) is 0 Å². The van der Waals surface area contributed by atoms with Gasteiger partial charge in [0, 0.05) is 13.0 Å². The zero-order chi connectivity index (χ0) is 12.4. The van der Waals surface area contributed by atoms with Crippen LogP contribution in [0.2, 0.25) is 0 Å². The zero-order valence-electron chi connectivity index (χ0n) is 10.5. The normalized spacial score (nSPS) is 24.3. The molecule has 1 aliphatic rings. The van der Waals surface area contributed by atoms with Gasteiger partial charge in [-0.05, 0) is 35.7 Å². The Kier molecular flexibility index (Phi) is 3.06. The van der Waals surface area contributed by atoms with Crippen LogP contribution in [0, 0.1) is 0 Å². The first-order chi connectivity index (χ1) is 8.75. The van der Waals surface area contributed by atoms with E-state index in [0.717, 1.165) is 25.8 Å². The minimum atomic E-state index is -0.569. The summed E-state index contributed by atoms with van der Waals surface area (Å²) in [5.74, 6) is 0. The van der Waals surface area contributed by atoms with Crippen molar-refractivity contribution in [1.82, 2.24) is 5.32 Å². The van der Waals surface area contributed by atoms with Crippen LogP contribution in [-0.2, 0) is 6.42 Å². The first-order valence-electron chi connectivity index (χ1n) is 6.66. The summed E-state index contributed by atoms with van der Waals surface area (Å²) in [6, 6.07) is 14.8. The minimum Gasteiger partial charge on any atom is -0.388 e. The van der Waals surface area contributed by atoms with Gasteiger partial charge >= 0.3 is 0 Å². The molecule has 1 atom stereocenters. The molecular formula is C16H19NO. The zero-order valence-corrected chi connectivity index (χ0v) is 10.5. The fourth-order valence-corrected chi connectivity index (χ4v) is 2.83. The summed E-state index contributed by atoms with van der Waals surface area (Å²) in [5, 5.41) is 16.3. The van der Waals surface area contributed by atoms with Crippen molar-refractivity contribution in [3.05, 3.63) is 48.0 Å². The molecule has 0 radical (unpaired) electrons. The summed E-state index contributed by atoms with van der Waals surface area (Å²) >= 11 is 0. The maximum Gasteiger partial charge on any atom is 0.0812 e. The van der Waals surface area contributed by atoms with Gasteiger partial charge in [-0.3, -0.25) is 0 Å². The number of hydrogen-bond acceptors (Lipinski definition) is 2. The lowest BCUT2D eigenvalue weighted by molar-refractivity contribution is 0.0170. The van der Waals surface area contributed by atoms with E-state index in [1.54, 1.807) is 0 Å². The molecule has 2 aromatic carbocycles. The van der Waals surface area contributed by atoms with Crippen LogP contribution in [0.1, 0.15) is 18.4 Å². The van der Waals surface area contributed by atoms with Crippen molar-refractivity contribution in [2.24, 2.45) is 0 Å². The van der Waals surface area contributed by atoms with E-state index >= 15 is 0 Å². The Morgan fingerprint density at radius 1 is 1.11 bits per heavy atom. The second-order valence-corrected chi connectivity index (χ2v) is 5.36. The van der Waals surface area contributed by atoms with Crippen LogP contribution >= 0.6 is 0 Å². The van der Waals surface area contributed by atoms with E-state index in [9.17, 15) is 5.11 Å². The van der Waals surface area contributed by atoms with Crippen molar-refractivity contribution >= 4 is 10.8 Å². The van der Waals surface area contributed by atoms with Gasteiger partial charge in [0.05, 0.1) is 5.60 Å². The largest absolute Gasteiger partial charge is 0.388 e. The van der Waals surface area contributed by atoms with Crippen molar-refractivity contribution in [2.45, 2.75) is 24.9 Å². The molecule has 1 aliphatic heterocycles. The molecule has 0 amide bonds. The fraction of sp³-hybridized carbons (Fsp3) is 0.375. The number of fused-ring (bicyclic) bond motifs is 1. The molecule has 2 N–H and O–H groups in total. The molecule has 0 aliphatic carbocycles. The highest BCUT2D eigenvalue weighted by atomic mass is 16.3. The summed E-state index contributed by atoms with van der Waals surface area (Å²) in [5.41, 5.74) is 0.653. The maximum atomic E-state index is 10.5. The number of rotatable bonds is 2. The number of hydrogen-bond donors (Lipinski definition) is 2. The van der Waals surface area contributed by atoms with Crippen LogP contribution < -0.4 is 5.32 Å². The van der Waals surface area contributed by atoms with Gasteiger partial charge in [0.25, 0.3) is 0 Å². The summed E-state index contributed by atoms with van der Waals surface area (Å²) in [6.45, 7) is 1.74. The Labute approximate surface area is 108 Å². The third kappa shape index (κ3) is 2.40. The molecule has 0 aromatic heterocycles. The van der Waals surface area contributed by atoms with Gasteiger partial charge in [-0.25, -0.2) is 0 Å². The number of benzene rings is 2. The first-order valence-corrected chi connectivity index (χ1v) is 6.66. The van der Waals surface area contributed by atoms with E-state index in [2.05, 4.69) is 47.8 Å². The highest BCUT2D eigenvalue weighted by Crippen LogP contribution is 2.23. The molecule has 1 saturated heterocycles. The summed E-state index contributed by atoms with van der Waals surface area (Å²) in [7, 11) is 0. The molecule has 0 bridgehead atoms. The topological polar surface area (TPSA) is 32.3 Å². The predicted octanol–water partition coefficient (Wildman–Crippen LogP) is 2.50. The minimum absolute atomic E-state index is 0.569. The molecule has 2 nitrogen and oxygen atoms in total. The number of β-amino-alcohol motifs (C(OH)–C–C–N with tert-alkyl or cyclic N) is 1. The first kappa shape index (κ1) is 11.7. The number of aliphatic hydroxyl groups is 1. The fourth-order valence-electron chi connectivity index (χ4n) is 2.83. The Morgan fingerprint density at radius 3 is 2.72 bits per heavy atom. The number of piperidine rings is 1. The summed E-state index contributed by atoms with van der Waals surface area (Å²) < 4.78 is 0. The Bertz CT molecular complexity index is 544. The quantitative estimate of drug-likeness (QED) is 0.846. The lowest BCUT2D eigenvalue weighted by Gasteiger charge is -2.32. The van der Waals surface area contributed by atoms with E-state index < -0.39 is 5.60 Å². The van der Waals surface area contributed by atoms with Gasteiger partial charge in [0.2, 0.25) is 0 Å². The average Bonchev–Trinajstić information content (AvgIpc) is 2.39. The van der Waals surface area contributed by atoms with Crippen LogP contribution in [0.15, 0.2) is 42.5 Å². The molecule has 2 aromatic rings. The standard InChI is InChI=1S/C16H19NO/c18-16(8-3-9-17-12-16)11-13-6-7-14-4-1-2-5-15(14)10-13/h1-2,4-7,10,17-18H,3,8-9,11-12H2. The van der Waals surface area contributed by atoms with Crippen LogP contribution in [0.5, 0.6) is 0 Å². The molecule has 94 valence electrons. The van der Waals surface area contributed by atoms with Gasteiger partial charge in [-0.1, -0.05) is 42.5 Å². The van der Waals surface area contributed by atoms with E-state index in [1.807, 2.05) is 0 Å². The Hall–Kier alpha value is -1.38. The second kappa shape index (κ2) is 4.71. The molecule has 1 heterocycles. The van der Waals surface area contributed by atoms with Gasteiger partial charge in [-0.15, -0.1) is 0 Å². The third-order valence-electron chi connectivity index (χ3n) is 3.80. The van der Waals surface area contributed by atoms with Gasteiger partial charge < -0.3 is 10.4 Å². The molecule has 2 heteroatoms. The van der Waals surface area contributed by atoms with Crippen molar-refractivity contribution < 1.29 is 5.11 Å². The lowest BCUT2D eigenvalue weighted by Crippen LogP contribution is -2.47. The lowest BCUT2D eigenvalue weighted by atomic mass is 9.87. The van der Waals surface area contributed by atoms with Crippen LogP contribution in [-0.4, -0.2) is 23.8 Å². The van der Waals surface area contributed by atoms with E-state index in [1.165, 1.54) is 16.3 Å². The highest BCUT2D eigenvalue weighted by molar-refractivity contribution is 5.83. The maximum absolute atomic E-state index is 10.5. The molecule has 0 saturated carbocycles. The molecule has 3 rings (SSSR count). The molecular weight excluding hydrogens is 222 g/mol. The highest BCUT2D eigenvalue weighted by Gasteiger charge is 2.29. The third-order valence-corrected chi connectivity index (χ3v) is 3.80. The van der Waals surface area contributed by atoms with Crippen molar-refractivity contribution in [1.29, 1.82) is 0 Å². The number of nitrogens with one attached hydrogen (secondary N) is 1.